The highest BCUT2D eigenvalue weighted by Crippen LogP contribution is 2.37. The van der Waals surface area contributed by atoms with Crippen molar-refractivity contribution < 1.29 is 30.4 Å². The van der Waals surface area contributed by atoms with Crippen molar-refractivity contribution in [2.45, 2.75) is 35.6 Å². The zero-order chi connectivity index (χ0) is 23.8. The normalized spacial score (nSPS) is 15.7. The number of anilines is 1. The van der Waals surface area contributed by atoms with E-state index in [9.17, 15) is 30.4 Å². The van der Waals surface area contributed by atoms with E-state index in [0.717, 1.165) is 18.2 Å². The topological polar surface area (TPSA) is 50.3 Å². The summed E-state index contributed by atoms with van der Waals surface area (Å²) in [5, 5.41) is 1.47. The fraction of sp³-hybridized carbons (Fsp3) is 0.318. The van der Waals surface area contributed by atoms with Crippen LogP contribution in [0.1, 0.15) is 29.7 Å². The maximum absolute atomic E-state index is 13.4. The molecule has 0 N–H and O–H groups in total. The average molecular weight is 503 g/mol. The summed E-state index contributed by atoms with van der Waals surface area (Å²) in [6.45, 7) is 0.638. The first-order valence-corrected chi connectivity index (χ1v) is 12.5. The summed E-state index contributed by atoms with van der Waals surface area (Å²) in [7, 11) is -4.16. The molecular formula is C22H19F5N2O2S2. The third-order valence-electron chi connectivity index (χ3n) is 5.50. The van der Waals surface area contributed by atoms with Crippen LogP contribution < -0.4 is 4.90 Å². The maximum atomic E-state index is 13.4. The fourth-order valence-corrected chi connectivity index (χ4v) is 6.76. The summed E-state index contributed by atoms with van der Waals surface area (Å²) < 4.78 is 92.7. The molecule has 33 heavy (non-hydrogen) atoms. The van der Waals surface area contributed by atoms with E-state index in [1.807, 2.05) is 4.90 Å². The number of sulfone groups is 1. The lowest BCUT2D eigenvalue weighted by Gasteiger charge is -2.31. The molecule has 1 aliphatic heterocycles. The molecule has 0 amide bonds. The van der Waals surface area contributed by atoms with Crippen LogP contribution in [0.3, 0.4) is 0 Å². The van der Waals surface area contributed by atoms with Crippen LogP contribution in [0, 0.1) is 11.6 Å². The lowest BCUT2D eigenvalue weighted by Crippen LogP contribution is -2.39. The first kappa shape index (κ1) is 23.6. The van der Waals surface area contributed by atoms with Gasteiger partial charge in [-0.1, -0.05) is 12.1 Å². The Morgan fingerprint density at radius 3 is 2.30 bits per heavy atom. The van der Waals surface area contributed by atoms with Crippen LogP contribution >= 0.6 is 11.3 Å². The van der Waals surface area contributed by atoms with E-state index in [1.54, 1.807) is 5.38 Å². The van der Waals surface area contributed by atoms with Gasteiger partial charge in [0.15, 0.2) is 15.0 Å². The molecule has 11 heteroatoms. The number of piperidine rings is 1. The number of hydrogen-bond donors (Lipinski definition) is 0. The van der Waals surface area contributed by atoms with Gasteiger partial charge in [-0.2, -0.15) is 13.2 Å². The second kappa shape index (κ2) is 9.02. The van der Waals surface area contributed by atoms with Crippen molar-refractivity contribution in [1.82, 2.24) is 4.98 Å². The van der Waals surface area contributed by atoms with Crippen molar-refractivity contribution >= 4 is 26.3 Å². The van der Waals surface area contributed by atoms with E-state index in [0.29, 0.717) is 29.5 Å². The van der Waals surface area contributed by atoms with Crippen LogP contribution in [0.5, 0.6) is 0 Å². The summed E-state index contributed by atoms with van der Waals surface area (Å²) in [4.78, 5) is 5.67. The molecule has 176 valence electrons. The number of halogens is 5. The standard InChI is InChI=1S/C22H19F5N2O2S2/c23-15-9-14(10-16(24)12-15)11-17-13-32-21(28-17)29-7-5-18(6-8-29)33(30,31)20-4-2-1-3-19(20)22(25,26)27/h1-4,9-10,12-13,18H,5-8,11H2. The van der Waals surface area contributed by atoms with Crippen LogP contribution in [-0.2, 0) is 22.4 Å². The first-order valence-electron chi connectivity index (χ1n) is 10.1. The lowest BCUT2D eigenvalue weighted by molar-refractivity contribution is -0.139. The van der Waals surface area contributed by atoms with E-state index >= 15 is 0 Å². The molecule has 2 aromatic carbocycles. The molecule has 0 aliphatic carbocycles. The Labute approximate surface area is 191 Å². The van der Waals surface area contributed by atoms with Gasteiger partial charge in [-0.15, -0.1) is 11.3 Å². The zero-order valence-corrected chi connectivity index (χ0v) is 18.8. The quantitative estimate of drug-likeness (QED) is 0.434. The highest BCUT2D eigenvalue weighted by molar-refractivity contribution is 7.92. The van der Waals surface area contributed by atoms with Gasteiger partial charge in [-0.3, -0.25) is 0 Å². The van der Waals surface area contributed by atoms with E-state index in [1.165, 1.54) is 35.6 Å². The third-order valence-corrected chi connectivity index (χ3v) is 8.77. The van der Waals surface area contributed by atoms with E-state index in [-0.39, 0.29) is 19.3 Å². The maximum Gasteiger partial charge on any atom is 0.417 e. The van der Waals surface area contributed by atoms with Crippen molar-refractivity contribution in [2.75, 3.05) is 18.0 Å². The largest absolute Gasteiger partial charge is 0.417 e. The molecule has 4 rings (SSSR count). The van der Waals surface area contributed by atoms with Crippen LogP contribution in [0.4, 0.5) is 27.1 Å². The number of hydrogen-bond acceptors (Lipinski definition) is 5. The molecule has 3 aromatic rings. The Bertz CT molecular complexity index is 1230. The van der Waals surface area contributed by atoms with Crippen molar-refractivity contribution in [1.29, 1.82) is 0 Å². The van der Waals surface area contributed by atoms with Gasteiger partial charge in [0.05, 0.1) is 21.4 Å². The summed E-state index contributed by atoms with van der Waals surface area (Å²) in [6.07, 6.45) is -4.19. The summed E-state index contributed by atoms with van der Waals surface area (Å²) >= 11 is 1.32. The van der Waals surface area contributed by atoms with Crippen LogP contribution in [0.2, 0.25) is 0 Å². The molecule has 0 saturated carbocycles. The van der Waals surface area contributed by atoms with Crippen molar-refractivity contribution in [2.24, 2.45) is 0 Å². The van der Waals surface area contributed by atoms with Gasteiger partial charge in [-0.05, 0) is 42.7 Å². The smallest absolute Gasteiger partial charge is 0.348 e. The number of nitrogens with zero attached hydrogens (tertiary/aromatic N) is 2. The van der Waals surface area contributed by atoms with Crippen molar-refractivity contribution in [3.63, 3.8) is 0 Å². The number of thiazole rings is 1. The molecule has 1 saturated heterocycles. The average Bonchev–Trinajstić information content (AvgIpc) is 3.21. The van der Waals surface area contributed by atoms with Gasteiger partial charge in [0.25, 0.3) is 0 Å². The molecule has 1 aliphatic rings. The molecule has 0 unspecified atom stereocenters. The van der Waals surface area contributed by atoms with Gasteiger partial charge in [0, 0.05) is 31.0 Å². The minimum absolute atomic E-state index is 0.165. The summed E-state index contributed by atoms with van der Waals surface area (Å²) in [6, 6.07) is 7.51. The Kier molecular flexibility index (Phi) is 6.45. The first-order chi connectivity index (χ1) is 15.5. The van der Waals surface area contributed by atoms with Gasteiger partial charge in [0.1, 0.15) is 11.6 Å². The van der Waals surface area contributed by atoms with E-state index < -0.39 is 43.4 Å². The van der Waals surface area contributed by atoms with E-state index in [2.05, 4.69) is 4.98 Å². The zero-order valence-electron chi connectivity index (χ0n) is 17.1. The minimum atomic E-state index is -4.76. The SMILES string of the molecule is O=S(=O)(c1ccccc1C(F)(F)F)C1CCN(c2nc(Cc3cc(F)cc(F)c3)cs2)CC1. The molecule has 0 radical (unpaired) electrons. The molecular weight excluding hydrogens is 483 g/mol. The van der Waals surface area contributed by atoms with Gasteiger partial charge >= 0.3 is 6.18 Å². The molecule has 0 bridgehead atoms. The highest BCUT2D eigenvalue weighted by atomic mass is 32.2. The second-order valence-electron chi connectivity index (χ2n) is 7.80. The molecule has 4 nitrogen and oxygen atoms in total. The van der Waals surface area contributed by atoms with Crippen molar-refractivity contribution in [3.05, 3.63) is 76.3 Å². The Morgan fingerprint density at radius 1 is 1.03 bits per heavy atom. The number of aromatic nitrogens is 1. The molecule has 1 aromatic heterocycles. The monoisotopic (exact) mass is 502 g/mol. The Morgan fingerprint density at radius 2 is 1.67 bits per heavy atom. The third kappa shape index (κ3) is 5.19. The fourth-order valence-electron chi connectivity index (χ4n) is 3.93. The number of alkyl halides is 3. The predicted octanol–water partition coefficient (Wildman–Crippen LogP) is 5.47. The van der Waals surface area contributed by atoms with Crippen molar-refractivity contribution in [3.8, 4) is 0 Å². The second-order valence-corrected chi connectivity index (χ2v) is 10.8. The molecule has 2 heterocycles. The van der Waals surface area contributed by atoms with Crippen LogP contribution in [0.25, 0.3) is 0 Å². The minimum Gasteiger partial charge on any atom is -0.348 e. The summed E-state index contributed by atoms with van der Waals surface area (Å²) in [5.74, 6) is -1.34. The number of rotatable bonds is 5. The lowest BCUT2D eigenvalue weighted by atomic mass is 10.1. The van der Waals surface area contributed by atoms with Crippen LogP contribution in [0.15, 0.2) is 52.7 Å². The molecule has 0 atom stereocenters. The predicted molar refractivity (Wildman–Crippen MR) is 115 cm³/mol. The van der Waals surface area contributed by atoms with E-state index in [4.69, 9.17) is 0 Å². The van der Waals surface area contributed by atoms with Gasteiger partial charge in [0.2, 0.25) is 0 Å². The molecule has 0 spiro atoms. The Balaban J connectivity index is 1.45. The van der Waals surface area contributed by atoms with Gasteiger partial charge in [-0.25, -0.2) is 22.2 Å². The molecule has 1 fully saturated rings. The van der Waals surface area contributed by atoms with Crippen LogP contribution in [-0.4, -0.2) is 31.7 Å². The Hall–Kier alpha value is -2.53. The number of benzene rings is 2. The summed E-state index contributed by atoms with van der Waals surface area (Å²) in [5.41, 5.74) is -0.0860. The highest BCUT2D eigenvalue weighted by Gasteiger charge is 2.40. The van der Waals surface area contributed by atoms with Gasteiger partial charge < -0.3 is 4.90 Å².